The van der Waals surface area contributed by atoms with E-state index in [1.165, 1.54) is 0 Å². The van der Waals surface area contributed by atoms with Crippen LogP contribution in [0.3, 0.4) is 0 Å². The predicted molar refractivity (Wildman–Crippen MR) is 49.5 cm³/mol. The SMILES string of the molecule is CC1(C)CC(C)(C#N)OC(=S)N1. The Labute approximate surface area is 77.7 Å². The molecule has 0 aromatic heterocycles. The zero-order valence-electron chi connectivity index (χ0n) is 7.47. The molecule has 1 atom stereocenters. The van der Waals surface area contributed by atoms with Crippen molar-refractivity contribution in [1.29, 1.82) is 5.26 Å². The maximum Gasteiger partial charge on any atom is 0.258 e. The minimum atomic E-state index is -0.772. The Morgan fingerprint density at radius 3 is 2.58 bits per heavy atom. The molecule has 0 radical (unpaired) electrons. The van der Waals surface area contributed by atoms with E-state index in [1.54, 1.807) is 6.92 Å². The summed E-state index contributed by atoms with van der Waals surface area (Å²) in [5.74, 6) is 0. The monoisotopic (exact) mass is 184 g/mol. The molecule has 0 amide bonds. The quantitative estimate of drug-likeness (QED) is 0.577. The van der Waals surface area contributed by atoms with E-state index in [9.17, 15) is 0 Å². The van der Waals surface area contributed by atoms with Crippen molar-refractivity contribution in [1.82, 2.24) is 5.32 Å². The maximum absolute atomic E-state index is 8.84. The highest BCUT2D eigenvalue weighted by Crippen LogP contribution is 2.27. The molecule has 0 spiro atoms. The van der Waals surface area contributed by atoms with Crippen molar-refractivity contribution in [2.75, 3.05) is 0 Å². The van der Waals surface area contributed by atoms with E-state index >= 15 is 0 Å². The fraction of sp³-hybridized carbons (Fsp3) is 0.750. The van der Waals surface area contributed by atoms with Crippen LogP contribution in [0.1, 0.15) is 27.2 Å². The first-order chi connectivity index (χ1) is 5.37. The number of ether oxygens (including phenoxy) is 1. The van der Waals surface area contributed by atoms with Crippen LogP contribution in [0.15, 0.2) is 0 Å². The van der Waals surface area contributed by atoms with Gasteiger partial charge in [-0.25, -0.2) is 0 Å². The third-order valence-corrected chi connectivity index (χ3v) is 1.96. The van der Waals surface area contributed by atoms with Gasteiger partial charge in [-0.2, -0.15) is 5.26 Å². The molecule has 1 N–H and O–H groups in total. The number of nitrogens with one attached hydrogen (secondary N) is 1. The van der Waals surface area contributed by atoms with Crippen LogP contribution in [0.2, 0.25) is 0 Å². The molecule has 0 aromatic rings. The molecule has 1 saturated heterocycles. The van der Waals surface area contributed by atoms with Crippen molar-refractivity contribution in [3.63, 3.8) is 0 Å². The number of rotatable bonds is 0. The fourth-order valence-electron chi connectivity index (χ4n) is 1.49. The molecule has 0 aromatic carbocycles. The highest BCUT2D eigenvalue weighted by Gasteiger charge is 2.40. The number of hydrogen-bond donors (Lipinski definition) is 1. The first-order valence-electron chi connectivity index (χ1n) is 3.79. The molecule has 1 aliphatic heterocycles. The Hall–Kier alpha value is -0.820. The number of nitriles is 1. The van der Waals surface area contributed by atoms with Crippen molar-refractivity contribution in [2.45, 2.75) is 38.3 Å². The van der Waals surface area contributed by atoms with Crippen molar-refractivity contribution in [2.24, 2.45) is 0 Å². The summed E-state index contributed by atoms with van der Waals surface area (Å²) in [7, 11) is 0. The smallest absolute Gasteiger partial charge is 0.258 e. The molecule has 4 heteroatoms. The first kappa shape index (κ1) is 9.27. The Kier molecular flexibility index (Phi) is 2.01. The second-order valence-corrected chi connectivity index (χ2v) is 4.29. The first-order valence-corrected chi connectivity index (χ1v) is 4.20. The minimum absolute atomic E-state index is 0.153. The van der Waals surface area contributed by atoms with Gasteiger partial charge >= 0.3 is 0 Å². The highest BCUT2D eigenvalue weighted by molar-refractivity contribution is 7.80. The predicted octanol–water partition coefficient (Wildman–Crippen LogP) is 1.34. The summed E-state index contributed by atoms with van der Waals surface area (Å²) in [6.45, 7) is 5.75. The molecule has 0 aliphatic carbocycles. The highest BCUT2D eigenvalue weighted by atomic mass is 32.1. The summed E-state index contributed by atoms with van der Waals surface area (Å²) >= 11 is 4.89. The van der Waals surface area contributed by atoms with E-state index in [0.717, 1.165) is 0 Å². The van der Waals surface area contributed by atoms with Crippen LogP contribution in [0.5, 0.6) is 0 Å². The molecule has 3 nitrogen and oxygen atoms in total. The maximum atomic E-state index is 8.84. The Morgan fingerprint density at radius 2 is 2.17 bits per heavy atom. The van der Waals surface area contributed by atoms with E-state index in [2.05, 4.69) is 11.4 Å². The van der Waals surface area contributed by atoms with Gasteiger partial charge in [-0.05, 0) is 33.0 Å². The third-order valence-electron chi connectivity index (χ3n) is 1.77. The van der Waals surface area contributed by atoms with E-state index in [-0.39, 0.29) is 5.54 Å². The second kappa shape index (κ2) is 2.60. The molecule has 1 aliphatic rings. The van der Waals surface area contributed by atoms with Gasteiger partial charge in [0, 0.05) is 12.0 Å². The minimum Gasteiger partial charge on any atom is -0.449 e. The molecular weight excluding hydrogens is 172 g/mol. The standard InChI is InChI=1S/C8H12N2OS/c1-7(2)4-8(3,5-9)11-6(12)10-7/h4H2,1-3H3,(H,10,12). The molecule has 1 heterocycles. The summed E-state index contributed by atoms with van der Waals surface area (Å²) in [4.78, 5) is 0. The van der Waals surface area contributed by atoms with Gasteiger partial charge in [-0.15, -0.1) is 0 Å². The lowest BCUT2D eigenvalue weighted by Crippen LogP contribution is -2.56. The van der Waals surface area contributed by atoms with Gasteiger partial charge in [0.15, 0.2) is 5.60 Å². The molecular formula is C8H12N2OS. The molecule has 12 heavy (non-hydrogen) atoms. The number of nitrogens with zero attached hydrogens (tertiary/aromatic N) is 1. The van der Waals surface area contributed by atoms with E-state index < -0.39 is 5.60 Å². The van der Waals surface area contributed by atoms with Crippen LogP contribution in [-0.2, 0) is 4.74 Å². The average molecular weight is 184 g/mol. The van der Waals surface area contributed by atoms with Crippen molar-refractivity contribution >= 4 is 17.4 Å². The van der Waals surface area contributed by atoms with E-state index in [0.29, 0.717) is 11.6 Å². The normalized spacial score (nSPS) is 33.0. The lowest BCUT2D eigenvalue weighted by Gasteiger charge is -2.40. The Bertz CT molecular complexity index is 256. The van der Waals surface area contributed by atoms with Gasteiger partial charge in [0.1, 0.15) is 6.07 Å². The Balaban J connectivity index is 2.86. The molecule has 66 valence electrons. The summed E-state index contributed by atoms with van der Waals surface area (Å²) in [6, 6.07) is 2.12. The topological polar surface area (TPSA) is 45.0 Å². The average Bonchev–Trinajstić information content (AvgIpc) is 1.82. The van der Waals surface area contributed by atoms with Crippen molar-refractivity contribution in [3.8, 4) is 6.07 Å². The van der Waals surface area contributed by atoms with Gasteiger partial charge in [0.05, 0.1) is 0 Å². The second-order valence-electron chi connectivity index (χ2n) is 3.92. The summed E-state index contributed by atoms with van der Waals surface area (Å²) in [6.07, 6.45) is 0.636. The largest absolute Gasteiger partial charge is 0.449 e. The van der Waals surface area contributed by atoms with Crippen molar-refractivity contribution in [3.05, 3.63) is 0 Å². The van der Waals surface area contributed by atoms with Gasteiger partial charge in [-0.1, -0.05) is 0 Å². The van der Waals surface area contributed by atoms with Gasteiger partial charge in [0.2, 0.25) is 0 Å². The van der Waals surface area contributed by atoms with Crippen LogP contribution in [0, 0.1) is 11.3 Å². The number of thiocarbonyl (C=S) groups is 1. The van der Waals surface area contributed by atoms with E-state index in [4.69, 9.17) is 22.2 Å². The summed E-state index contributed by atoms with van der Waals surface area (Å²) in [5.41, 5.74) is -0.925. The van der Waals surface area contributed by atoms with Crippen LogP contribution in [0.4, 0.5) is 0 Å². The van der Waals surface area contributed by atoms with Crippen LogP contribution in [0.25, 0.3) is 0 Å². The Morgan fingerprint density at radius 1 is 1.58 bits per heavy atom. The van der Waals surface area contributed by atoms with E-state index in [1.807, 2.05) is 13.8 Å². The van der Waals surface area contributed by atoms with Crippen LogP contribution < -0.4 is 5.32 Å². The lowest BCUT2D eigenvalue weighted by molar-refractivity contribution is 0.0608. The fourth-order valence-corrected chi connectivity index (χ4v) is 1.95. The molecule has 1 rings (SSSR count). The van der Waals surface area contributed by atoms with Crippen molar-refractivity contribution < 1.29 is 4.74 Å². The number of hydrogen-bond acceptors (Lipinski definition) is 3. The lowest BCUT2D eigenvalue weighted by atomic mass is 9.88. The zero-order valence-corrected chi connectivity index (χ0v) is 8.29. The molecule has 1 unspecified atom stereocenters. The molecule has 0 bridgehead atoms. The molecule has 0 saturated carbocycles. The van der Waals surface area contributed by atoms with Crippen LogP contribution >= 0.6 is 12.2 Å². The van der Waals surface area contributed by atoms with Gasteiger partial charge in [0.25, 0.3) is 5.17 Å². The third kappa shape index (κ3) is 1.86. The van der Waals surface area contributed by atoms with Gasteiger partial charge < -0.3 is 10.1 Å². The van der Waals surface area contributed by atoms with Crippen LogP contribution in [-0.4, -0.2) is 16.3 Å². The summed E-state index contributed by atoms with van der Waals surface area (Å²) < 4.78 is 5.22. The summed E-state index contributed by atoms with van der Waals surface area (Å²) in [5, 5.41) is 12.2. The molecule has 1 fully saturated rings. The van der Waals surface area contributed by atoms with Gasteiger partial charge in [-0.3, -0.25) is 0 Å². The zero-order chi connectivity index (χ0) is 9.41.